The van der Waals surface area contributed by atoms with Crippen molar-refractivity contribution >= 4 is 23.7 Å². The molecule has 3 amide bonds. The van der Waals surface area contributed by atoms with Crippen LogP contribution in [0, 0.1) is 11.8 Å². The smallest absolute Gasteiger partial charge is 0.328 e. The van der Waals surface area contributed by atoms with Crippen LogP contribution >= 0.6 is 0 Å². The van der Waals surface area contributed by atoms with Gasteiger partial charge in [-0.3, -0.25) is 19.3 Å². The summed E-state index contributed by atoms with van der Waals surface area (Å²) in [5.74, 6) is -0.964. The molecule has 0 aliphatic carbocycles. The van der Waals surface area contributed by atoms with E-state index >= 15 is 0 Å². The zero-order chi connectivity index (χ0) is 28.7. The first kappa shape index (κ1) is 31.8. The Balaban J connectivity index is 2.21. The molecule has 38 heavy (non-hydrogen) atoms. The van der Waals surface area contributed by atoms with Crippen LogP contribution in [0.1, 0.15) is 80.6 Å². The molecule has 0 aromatic carbocycles. The van der Waals surface area contributed by atoms with Gasteiger partial charge in [0.2, 0.25) is 17.7 Å². The minimum absolute atomic E-state index is 0.0278. The van der Waals surface area contributed by atoms with Crippen LogP contribution < -0.4 is 5.32 Å². The number of methoxy groups -OCH3 is 1. The van der Waals surface area contributed by atoms with Crippen molar-refractivity contribution in [2.75, 3.05) is 27.2 Å². The van der Waals surface area contributed by atoms with Gasteiger partial charge in [0.25, 0.3) is 0 Å². The molecule has 0 saturated carbocycles. The van der Waals surface area contributed by atoms with Crippen molar-refractivity contribution in [2.24, 2.45) is 11.8 Å². The number of hydrogen-bond acceptors (Lipinski definition) is 6. The van der Waals surface area contributed by atoms with E-state index in [1.807, 2.05) is 33.8 Å². The van der Waals surface area contributed by atoms with E-state index in [9.17, 15) is 19.2 Å². The Morgan fingerprint density at radius 1 is 0.921 bits per heavy atom. The van der Waals surface area contributed by atoms with Gasteiger partial charge >= 0.3 is 5.97 Å². The van der Waals surface area contributed by atoms with Gasteiger partial charge in [0.05, 0.1) is 19.2 Å². The van der Waals surface area contributed by atoms with Crippen molar-refractivity contribution in [3.05, 3.63) is 11.6 Å². The molecule has 1 N–H and O–H groups in total. The van der Waals surface area contributed by atoms with Gasteiger partial charge in [0.15, 0.2) is 0 Å². The number of likely N-dealkylation sites (N-methyl/N-ethyl adjacent to an activating group) is 1. The Hall–Kier alpha value is -2.42. The minimum atomic E-state index is -0.670. The number of hydrogen-bond donors (Lipinski definition) is 1. The Labute approximate surface area is 229 Å². The maximum atomic E-state index is 13.8. The van der Waals surface area contributed by atoms with Gasteiger partial charge in [-0.2, -0.15) is 0 Å². The number of nitrogens with zero attached hydrogens (tertiary/aromatic N) is 3. The minimum Gasteiger partial charge on any atom is -0.467 e. The van der Waals surface area contributed by atoms with Gasteiger partial charge in [0.1, 0.15) is 12.1 Å². The number of carbonyl (C=O) groups is 4. The third kappa shape index (κ3) is 7.58. The Morgan fingerprint density at radius 3 is 2.11 bits per heavy atom. The van der Waals surface area contributed by atoms with E-state index in [0.29, 0.717) is 18.5 Å². The predicted molar refractivity (Wildman–Crippen MR) is 148 cm³/mol. The van der Waals surface area contributed by atoms with Gasteiger partial charge in [-0.15, -0.1) is 0 Å². The highest BCUT2D eigenvalue weighted by Gasteiger charge is 2.38. The number of esters is 1. The molecule has 2 rings (SSSR count). The van der Waals surface area contributed by atoms with Crippen LogP contribution in [-0.4, -0.2) is 95.8 Å². The van der Waals surface area contributed by atoms with Crippen LogP contribution in [0.25, 0.3) is 0 Å². The van der Waals surface area contributed by atoms with E-state index in [4.69, 9.17) is 4.74 Å². The summed E-state index contributed by atoms with van der Waals surface area (Å²) in [6, 6.07) is -1.57. The number of likely N-dealkylation sites (tertiary alicyclic amines) is 2. The zero-order valence-electron chi connectivity index (χ0n) is 25.0. The van der Waals surface area contributed by atoms with Crippen molar-refractivity contribution in [1.82, 2.24) is 20.0 Å². The van der Waals surface area contributed by atoms with Gasteiger partial charge in [0, 0.05) is 25.2 Å². The highest BCUT2D eigenvalue weighted by atomic mass is 16.5. The maximum absolute atomic E-state index is 13.8. The number of piperidine rings is 1. The van der Waals surface area contributed by atoms with Crippen molar-refractivity contribution in [3.63, 3.8) is 0 Å². The molecule has 1 unspecified atom stereocenters. The quantitative estimate of drug-likeness (QED) is 0.342. The molecule has 2 heterocycles. The summed E-state index contributed by atoms with van der Waals surface area (Å²) in [4.78, 5) is 58.0. The molecule has 0 bridgehead atoms. The summed E-state index contributed by atoms with van der Waals surface area (Å²) in [5, 5.41) is 3.07. The van der Waals surface area contributed by atoms with Crippen molar-refractivity contribution in [2.45, 2.75) is 111 Å². The van der Waals surface area contributed by atoms with E-state index < -0.39 is 18.1 Å². The molecule has 9 heteroatoms. The Morgan fingerprint density at radius 2 is 1.55 bits per heavy atom. The summed E-state index contributed by atoms with van der Waals surface area (Å²) >= 11 is 0. The second-order valence-corrected chi connectivity index (χ2v) is 11.8. The molecule has 2 saturated heterocycles. The third-order valence-corrected chi connectivity index (χ3v) is 7.96. The van der Waals surface area contributed by atoms with Crippen LogP contribution in [0.2, 0.25) is 0 Å². The highest BCUT2D eigenvalue weighted by Crippen LogP contribution is 2.24. The number of carbonyl (C=O) groups excluding carboxylic acids is 4. The van der Waals surface area contributed by atoms with E-state index in [2.05, 4.69) is 24.1 Å². The monoisotopic (exact) mass is 534 g/mol. The lowest BCUT2D eigenvalue weighted by Crippen LogP contribution is -2.58. The standard InChI is InChI=1S/C29H50N4O5/c1-18(2)24(17-21(7)27(35)33-16-12-14-23(33)29(37)38-9)31(8)28(36)25(19(3)4)30-26(34)22-13-10-11-15-32(22)20(5)6/h17-20,22-25H,10-16H2,1-9H3,(H,30,34)/b21-17+/t22?,23-,24-,25+/m1/s1. The first-order chi connectivity index (χ1) is 17.8. The Kier molecular flexibility index (Phi) is 11.8. The molecule has 4 atom stereocenters. The van der Waals surface area contributed by atoms with Crippen LogP contribution in [-0.2, 0) is 23.9 Å². The largest absolute Gasteiger partial charge is 0.467 e. The maximum Gasteiger partial charge on any atom is 0.328 e. The third-order valence-electron chi connectivity index (χ3n) is 7.96. The summed E-state index contributed by atoms with van der Waals surface area (Å²) < 4.78 is 4.88. The number of amides is 3. The summed E-state index contributed by atoms with van der Waals surface area (Å²) in [5.41, 5.74) is 0.485. The van der Waals surface area contributed by atoms with E-state index in [0.717, 1.165) is 32.2 Å². The second-order valence-electron chi connectivity index (χ2n) is 11.8. The van der Waals surface area contributed by atoms with Gasteiger partial charge in [-0.25, -0.2) is 4.79 Å². The van der Waals surface area contributed by atoms with Crippen LogP contribution in [0.5, 0.6) is 0 Å². The molecule has 9 nitrogen and oxygen atoms in total. The summed E-state index contributed by atoms with van der Waals surface area (Å²) in [6.07, 6.45) is 6.02. The fourth-order valence-electron chi connectivity index (χ4n) is 5.68. The lowest BCUT2D eigenvalue weighted by atomic mass is 9.95. The molecular weight excluding hydrogens is 484 g/mol. The highest BCUT2D eigenvalue weighted by molar-refractivity contribution is 5.96. The predicted octanol–water partition coefficient (Wildman–Crippen LogP) is 2.98. The topological polar surface area (TPSA) is 99.3 Å². The SMILES string of the molecule is COC(=O)[C@H]1CCCN1C(=O)/C(C)=C/[C@H](C(C)C)N(C)C(=O)[C@@H](NC(=O)C1CCCCN1C(C)C)C(C)C. The summed E-state index contributed by atoms with van der Waals surface area (Å²) in [6.45, 7) is 15.2. The van der Waals surface area contributed by atoms with Crippen molar-refractivity contribution < 1.29 is 23.9 Å². The number of nitrogens with one attached hydrogen (secondary N) is 1. The lowest BCUT2D eigenvalue weighted by Gasteiger charge is -2.39. The van der Waals surface area contributed by atoms with Gasteiger partial charge in [-0.1, -0.05) is 40.2 Å². The van der Waals surface area contributed by atoms with E-state index in [1.54, 1.807) is 23.8 Å². The first-order valence-electron chi connectivity index (χ1n) is 14.2. The molecule has 2 fully saturated rings. The number of rotatable bonds is 10. The fraction of sp³-hybridized carbons (Fsp3) is 0.793. The molecular formula is C29H50N4O5. The van der Waals surface area contributed by atoms with Gasteiger partial charge in [-0.05, 0) is 64.8 Å². The average Bonchev–Trinajstić information content (AvgIpc) is 3.37. The van der Waals surface area contributed by atoms with E-state index in [-0.39, 0.29) is 47.7 Å². The molecule has 2 aliphatic rings. The zero-order valence-corrected chi connectivity index (χ0v) is 25.0. The van der Waals surface area contributed by atoms with E-state index in [1.165, 1.54) is 7.11 Å². The van der Waals surface area contributed by atoms with Crippen LogP contribution in [0.15, 0.2) is 11.6 Å². The van der Waals surface area contributed by atoms with Crippen LogP contribution in [0.4, 0.5) is 0 Å². The first-order valence-corrected chi connectivity index (χ1v) is 14.2. The second kappa shape index (κ2) is 14.1. The fourth-order valence-corrected chi connectivity index (χ4v) is 5.68. The van der Waals surface area contributed by atoms with Crippen molar-refractivity contribution in [3.8, 4) is 0 Å². The molecule has 216 valence electrons. The van der Waals surface area contributed by atoms with Crippen LogP contribution in [0.3, 0.4) is 0 Å². The molecule has 0 aromatic heterocycles. The summed E-state index contributed by atoms with van der Waals surface area (Å²) in [7, 11) is 3.07. The lowest BCUT2D eigenvalue weighted by molar-refractivity contribution is -0.149. The average molecular weight is 535 g/mol. The number of ether oxygens (including phenoxy) is 1. The molecule has 0 aromatic rings. The normalized spacial score (nSPS) is 22.5. The van der Waals surface area contributed by atoms with Crippen molar-refractivity contribution in [1.29, 1.82) is 0 Å². The Bertz CT molecular complexity index is 884. The molecule has 0 spiro atoms. The van der Waals surface area contributed by atoms with Gasteiger partial charge < -0.3 is 19.9 Å². The molecule has 2 aliphatic heterocycles. The molecule has 0 radical (unpaired) electrons.